The van der Waals surface area contributed by atoms with Gasteiger partial charge in [0.2, 0.25) is 0 Å². The molecule has 1 aromatic carbocycles. The summed E-state index contributed by atoms with van der Waals surface area (Å²) in [6.07, 6.45) is -0.0769. The largest absolute Gasteiger partial charge is 0.418 e. The smallest absolute Gasteiger partial charge is 0.147 e. The molecule has 0 saturated heterocycles. The van der Waals surface area contributed by atoms with Crippen molar-refractivity contribution in [2.75, 3.05) is 13.2 Å². The Morgan fingerprint density at radius 1 is 1.31 bits per heavy atom. The van der Waals surface area contributed by atoms with Crippen molar-refractivity contribution in [1.82, 2.24) is 0 Å². The molecule has 0 aromatic heterocycles. The fourth-order valence-corrected chi connectivity index (χ4v) is 2.67. The SMILES string of the molecule is CC(C)(OCCO)C(O[SiH3])c1ccccc1. The van der Waals surface area contributed by atoms with Gasteiger partial charge in [-0.25, -0.2) is 0 Å². The zero-order valence-electron chi connectivity index (χ0n) is 10.1. The highest BCUT2D eigenvalue weighted by Crippen LogP contribution is 2.31. The van der Waals surface area contributed by atoms with Crippen LogP contribution in [0.2, 0.25) is 0 Å². The van der Waals surface area contributed by atoms with Crippen LogP contribution in [0.4, 0.5) is 0 Å². The van der Waals surface area contributed by atoms with Crippen molar-refractivity contribution in [3.8, 4) is 0 Å². The van der Waals surface area contributed by atoms with Crippen LogP contribution >= 0.6 is 0 Å². The third-order valence-corrected chi connectivity index (χ3v) is 3.01. The number of aliphatic hydroxyl groups is 1. The van der Waals surface area contributed by atoms with Gasteiger partial charge in [0.1, 0.15) is 10.5 Å². The molecule has 0 amide bonds. The molecule has 16 heavy (non-hydrogen) atoms. The molecule has 0 spiro atoms. The van der Waals surface area contributed by atoms with Crippen molar-refractivity contribution in [2.24, 2.45) is 0 Å². The van der Waals surface area contributed by atoms with Gasteiger partial charge in [-0.15, -0.1) is 0 Å². The molecular weight excluding hydrogens is 220 g/mol. The molecule has 1 unspecified atom stereocenters. The van der Waals surface area contributed by atoms with E-state index in [0.29, 0.717) is 17.1 Å². The number of benzene rings is 1. The molecular formula is C12H20O3Si. The predicted octanol–water partition coefficient (Wildman–Crippen LogP) is 0.812. The number of rotatable bonds is 6. The summed E-state index contributed by atoms with van der Waals surface area (Å²) in [6, 6.07) is 10.0. The summed E-state index contributed by atoms with van der Waals surface area (Å²) in [6.45, 7) is 4.34. The molecule has 1 atom stereocenters. The predicted molar refractivity (Wildman–Crippen MR) is 67.3 cm³/mol. The van der Waals surface area contributed by atoms with Crippen molar-refractivity contribution in [3.05, 3.63) is 35.9 Å². The minimum absolute atomic E-state index is 0.0338. The zero-order chi connectivity index (χ0) is 12.0. The molecule has 0 aliphatic heterocycles. The third-order valence-electron chi connectivity index (χ3n) is 2.53. The maximum absolute atomic E-state index is 8.80. The molecule has 0 aliphatic rings. The van der Waals surface area contributed by atoms with Crippen LogP contribution in [0, 0.1) is 0 Å². The number of hydrogen-bond acceptors (Lipinski definition) is 3. The van der Waals surface area contributed by atoms with Gasteiger partial charge in [0, 0.05) is 0 Å². The van der Waals surface area contributed by atoms with E-state index in [1.54, 1.807) is 0 Å². The highest BCUT2D eigenvalue weighted by Gasteiger charge is 2.31. The highest BCUT2D eigenvalue weighted by molar-refractivity contribution is 5.98. The first-order valence-electron chi connectivity index (χ1n) is 5.44. The van der Waals surface area contributed by atoms with E-state index in [0.717, 1.165) is 5.56 Å². The van der Waals surface area contributed by atoms with Gasteiger partial charge in [0.15, 0.2) is 0 Å². The van der Waals surface area contributed by atoms with Gasteiger partial charge in [-0.2, -0.15) is 0 Å². The lowest BCUT2D eigenvalue weighted by atomic mass is 9.94. The monoisotopic (exact) mass is 240 g/mol. The standard InChI is InChI=1S/C12H20O3Si/c1-12(2,14-9-8-13)11(15-16)10-6-4-3-5-7-10/h3-7,11,13H,8-9H2,1-2,16H3. The molecule has 4 heteroatoms. The maximum Gasteiger partial charge on any atom is 0.147 e. The lowest BCUT2D eigenvalue weighted by Crippen LogP contribution is -2.35. The highest BCUT2D eigenvalue weighted by atomic mass is 28.2. The Balaban J connectivity index is 2.81. The summed E-state index contributed by atoms with van der Waals surface area (Å²) < 4.78 is 11.3. The lowest BCUT2D eigenvalue weighted by Gasteiger charge is -2.34. The van der Waals surface area contributed by atoms with Crippen LogP contribution in [0.3, 0.4) is 0 Å². The van der Waals surface area contributed by atoms with Crippen LogP contribution < -0.4 is 0 Å². The van der Waals surface area contributed by atoms with Crippen LogP contribution in [0.1, 0.15) is 25.5 Å². The molecule has 0 saturated carbocycles. The van der Waals surface area contributed by atoms with Gasteiger partial charge in [0.05, 0.1) is 24.9 Å². The molecule has 1 N–H and O–H groups in total. The maximum atomic E-state index is 8.80. The molecule has 1 rings (SSSR count). The van der Waals surface area contributed by atoms with Gasteiger partial charge in [-0.1, -0.05) is 30.3 Å². The summed E-state index contributed by atoms with van der Waals surface area (Å²) in [4.78, 5) is 0. The molecule has 3 nitrogen and oxygen atoms in total. The Kier molecular flexibility index (Phi) is 5.14. The van der Waals surface area contributed by atoms with Crippen molar-refractivity contribution in [2.45, 2.75) is 25.6 Å². The van der Waals surface area contributed by atoms with E-state index in [9.17, 15) is 0 Å². The van der Waals surface area contributed by atoms with Crippen molar-refractivity contribution in [3.63, 3.8) is 0 Å². The summed E-state index contributed by atoms with van der Waals surface area (Å²) in [5, 5.41) is 8.80. The van der Waals surface area contributed by atoms with E-state index in [4.69, 9.17) is 14.3 Å². The van der Waals surface area contributed by atoms with E-state index in [2.05, 4.69) is 0 Å². The normalized spacial score (nSPS) is 13.9. The average molecular weight is 240 g/mol. The molecule has 1 aromatic rings. The molecule has 0 heterocycles. The van der Waals surface area contributed by atoms with E-state index in [1.165, 1.54) is 0 Å². The Morgan fingerprint density at radius 3 is 2.44 bits per heavy atom. The number of hydrogen-bond donors (Lipinski definition) is 1. The van der Waals surface area contributed by atoms with Crippen molar-refractivity contribution < 1.29 is 14.3 Å². The third kappa shape index (κ3) is 3.42. The average Bonchev–Trinajstić information content (AvgIpc) is 2.28. The Hall–Kier alpha value is -0.683. The van der Waals surface area contributed by atoms with E-state index in [-0.39, 0.29) is 12.7 Å². The summed E-state index contributed by atoms with van der Waals surface area (Å²) in [7, 11) is 0.654. The van der Waals surface area contributed by atoms with Crippen LogP contribution in [0.5, 0.6) is 0 Å². The van der Waals surface area contributed by atoms with E-state index < -0.39 is 5.60 Å². The van der Waals surface area contributed by atoms with Gasteiger partial charge >= 0.3 is 0 Å². The second-order valence-corrected chi connectivity index (χ2v) is 4.67. The summed E-state index contributed by atoms with van der Waals surface area (Å²) >= 11 is 0. The second kappa shape index (κ2) is 6.15. The first-order chi connectivity index (χ1) is 7.61. The van der Waals surface area contributed by atoms with Crippen LogP contribution in [0.25, 0.3) is 0 Å². The molecule has 0 bridgehead atoms. The molecule has 0 aliphatic carbocycles. The second-order valence-electron chi connectivity index (χ2n) is 4.20. The van der Waals surface area contributed by atoms with Crippen molar-refractivity contribution >= 4 is 10.5 Å². The summed E-state index contributed by atoms with van der Waals surface area (Å²) in [5.74, 6) is 0. The fourth-order valence-electron chi connectivity index (χ4n) is 1.83. The molecule has 0 radical (unpaired) electrons. The van der Waals surface area contributed by atoms with Gasteiger partial charge in [-0.3, -0.25) is 0 Å². The minimum Gasteiger partial charge on any atom is -0.418 e. The lowest BCUT2D eigenvalue weighted by molar-refractivity contribution is -0.0984. The Bertz CT molecular complexity index is 300. The van der Waals surface area contributed by atoms with Crippen LogP contribution in [0.15, 0.2) is 30.3 Å². The quantitative estimate of drug-likeness (QED) is 0.748. The van der Waals surface area contributed by atoms with Crippen LogP contribution in [-0.2, 0) is 9.16 Å². The topological polar surface area (TPSA) is 38.7 Å². The Labute approximate surface area is 99.9 Å². The first-order valence-corrected chi connectivity index (χ1v) is 6.26. The number of aliphatic hydroxyl groups excluding tert-OH is 1. The molecule has 90 valence electrons. The van der Waals surface area contributed by atoms with E-state index >= 15 is 0 Å². The number of ether oxygens (including phenoxy) is 1. The zero-order valence-corrected chi connectivity index (χ0v) is 12.1. The molecule has 0 fully saturated rings. The van der Waals surface area contributed by atoms with Gasteiger partial charge < -0.3 is 14.3 Å². The van der Waals surface area contributed by atoms with Gasteiger partial charge in [0.25, 0.3) is 0 Å². The van der Waals surface area contributed by atoms with Gasteiger partial charge in [-0.05, 0) is 19.4 Å². The fraction of sp³-hybridized carbons (Fsp3) is 0.500. The first kappa shape index (κ1) is 13.4. The van der Waals surface area contributed by atoms with Crippen LogP contribution in [-0.4, -0.2) is 34.4 Å². The Morgan fingerprint density at radius 2 is 1.94 bits per heavy atom. The minimum atomic E-state index is -0.425. The van der Waals surface area contributed by atoms with E-state index in [1.807, 2.05) is 44.2 Å². The van der Waals surface area contributed by atoms with Crippen molar-refractivity contribution in [1.29, 1.82) is 0 Å². The summed E-state index contributed by atoms with van der Waals surface area (Å²) in [5.41, 5.74) is 0.687.